The third-order valence-corrected chi connectivity index (χ3v) is 5.74. The van der Waals surface area contributed by atoms with Gasteiger partial charge in [0.25, 0.3) is 0 Å². The quantitative estimate of drug-likeness (QED) is 0.775. The number of aliphatic hydroxyl groups is 1. The maximum absolute atomic E-state index is 10.7. The Balaban J connectivity index is 1.51. The van der Waals surface area contributed by atoms with Crippen molar-refractivity contribution in [2.24, 2.45) is 17.8 Å². The Hall–Kier alpha value is -1.80. The van der Waals surface area contributed by atoms with Crippen molar-refractivity contribution in [2.75, 3.05) is 0 Å². The van der Waals surface area contributed by atoms with E-state index in [4.69, 9.17) is 0 Å². The summed E-state index contributed by atoms with van der Waals surface area (Å²) in [5.74, 6) is 1.89. The lowest BCUT2D eigenvalue weighted by atomic mass is 9.84. The summed E-state index contributed by atoms with van der Waals surface area (Å²) in [6, 6.07) is 17.7. The predicted molar refractivity (Wildman–Crippen MR) is 97.8 cm³/mol. The van der Waals surface area contributed by atoms with Gasteiger partial charge in [0.1, 0.15) is 5.75 Å². The third-order valence-electron chi connectivity index (χ3n) is 5.74. The monoisotopic (exact) mass is 324 g/mol. The highest BCUT2D eigenvalue weighted by atomic mass is 16.3. The molecule has 0 heterocycles. The van der Waals surface area contributed by atoms with Crippen LogP contribution < -0.4 is 0 Å². The van der Waals surface area contributed by atoms with Gasteiger partial charge >= 0.3 is 0 Å². The van der Waals surface area contributed by atoms with Crippen molar-refractivity contribution in [3.05, 3.63) is 65.7 Å². The molecule has 1 aliphatic rings. The van der Waals surface area contributed by atoms with Gasteiger partial charge in [-0.25, -0.2) is 0 Å². The number of aromatic hydroxyl groups is 1. The van der Waals surface area contributed by atoms with E-state index in [0.717, 1.165) is 17.9 Å². The first-order chi connectivity index (χ1) is 11.6. The van der Waals surface area contributed by atoms with Gasteiger partial charge in [-0.2, -0.15) is 0 Å². The molecule has 0 bridgehead atoms. The average molecular weight is 324 g/mol. The molecule has 0 aliphatic heterocycles. The lowest BCUT2D eigenvalue weighted by Gasteiger charge is -2.25. The molecule has 1 fully saturated rings. The average Bonchev–Trinajstić information content (AvgIpc) is 3.09. The molecule has 4 atom stereocenters. The molecule has 1 aliphatic carbocycles. The largest absolute Gasteiger partial charge is 0.508 e. The highest BCUT2D eigenvalue weighted by molar-refractivity contribution is 5.27. The molecule has 2 nitrogen and oxygen atoms in total. The second-order valence-electron chi connectivity index (χ2n) is 7.36. The number of hydrogen-bond donors (Lipinski definition) is 2. The van der Waals surface area contributed by atoms with Gasteiger partial charge in [0.2, 0.25) is 0 Å². The van der Waals surface area contributed by atoms with E-state index >= 15 is 0 Å². The molecule has 2 aromatic rings. The first-order valence-corrected chi connectivity index (χ1v) is 9.14. The van der Waals surface area contributed by atoms with Crippen molar-refractivity contribution in [3.63, 3.8) is 0 Å². The van der Waals surface area contributed by atoms with Gasteiger partial charge in [-0.1, -0.05) is 55.8 Å². The molecule has 0 aromatic heterocycles. The Kier molecular flexibility index (Phi) is 5.57. The van der Waals surface area contributed by atoms with E-state index in [1.165, 1.54) is 31.2 Å². The van der Waals surface area contributed by atoms with Crippen LogP contribution in [0.2, 0.25) is 0 Å². The fourth-order valence-electron chi connectivity index (χ4n) is 4.10. The number of phenolic OH excluding ortho intramolecular Hbond substituents is 1. The fourth-order valence-corrected chi connectivity index (χ4v) is 4.10. The Morgan fingerprint density at radius 1 is 1.00 bits per heavy atom. The molecular formula is C22H28O2. The SMILES string of the molecule is CC(C1CCC(CCc2ccccc2)C1)C(O)c1ccc(O)cc1. The van der Waals surface area contributed by atoms with E-state index in [2.05, 4.69) is 37.3 Å². The van der Waals surface area contributed by atoms with E-state index in [9.17, 15) is 10.2 Å². The van der Waals surface area contributed by atoms with Crippen LogP contribution >= 0.6 is 0 Å². The van der Waals surface area contributed by atoms with E-state index in [-0.39, 0.29) is 11.7 Å². The molecule has 2 aromatic carbocycles. The van der Waals surface area contributed by atoms with E-state index in [0.29, 0.717) is 5.92 Å². The number of hydrogen-bond acceptors (Lipinski definition) is 2. The number of benzene rings is 2. The highest BCUT2D eigenvalue weighted by Crippen LogP contribution is 2.42. The van der Waals surface area contributed by atoms with Gasteiger partial charge in [0.15, 0.2) is 0 Å². The summed E-state index contributed by atoms with van der Waals surface area (Å²) in [7, 11) is 0. The Morgan fingerprint density at radius 2 is 1.71 bits per heavy atom. The molecule has 0 saturated heterocycles. The summed E-state index contributed by atoms with van der Waals surface area (Å²) in [5.41, 5.74) is 2.34. The highest BCUT2D eigenvalue weighted by Gasteiger charge is 2.32. The molecule has 24 heavy (non-hydrogen) atoms. The molecule has 1 saturated carbocycles. The summed E-state index contributed by atoms with van der Waals surface area (Å²) in [6.07, 6.45) is 5.70. The van der Waals surface area contributed by atoms with E-state index < -0.39 is 6.10 Å². The van der Waals surface area contributed by atoms with Gasteiger partial charge in [-0.3, -0.25) is 0 Å². The first-order valence-electron chi connectivity index (χ1n) is 9.14. The Morgan fingerprint density at radius 3 is 2.42 bits per heavy atom. The minimum atomic E-state index is -0.441. The van der Waals surface area contributed by atoms with Crippen LogP contribution in [-0.4, -0.2) is 10.2 Å². The molecule has 128 valence electrons. The number of phenols is 1. The van der Waals surface area contributed by atoms with Crippen LogP contribution in [0, 0.1) is 17.8 Å². The van der Waals surface area contributed by atoms with Crippen LogP contribution in [0.3, 0.4) is 0 Å². The second kappa shape index (κ2) is 7.85. The van der Waals surface area contributed by atoms with Gasteiger partial charge in [0, 0.05) is 0 Å². The van der Waals surface area contributed by atoms with E-state index in [1.807, 2.05) is 12.1 Å². The van der Waals surface area contributed by atoms with Crippen LogP contribution in [0.1, 0.15) is 49.8 Å². The smallest absolute Gasteiger partial charge is 0.115 e. The van der Waals surface area contributed by atoms with Crippen LogP contribution in [0.15, 0.2) is 54.6 Å². The number of aryl methyl sites for hydroxylation is 1. The number of aliphatic hydroxyl groups excluding tert-OH is 1. The zero-order chi connectivity index (χ0) is 16.9. The normalized spacial score (nSPS) is 23.1. The molecule has 2 heteroatoms. The zero-order valence-electron chi connectivity index (χ0n) is 14.4. The third kappa shape index (κ3) is 4.18. The lowest BCUT2D eigenvalue weighted by Crippen LogP contribution is -2.17. The van der Waals surface area contributed by atoms with Crippen LogP contribution in [0.5, 0.6) is 5.75 Å². The van der Waals surface area contributed by atoms with Crippen molar-refractivity contribution in [1.29, 1.82) is 0 Å². The molecule has 0 radical (unpaired) electrons. The minimum Gasteiger partial charge on any atom is -0.508 e. The van der Waals surface area contributed by atoms with Crippen molar-refractivity contribution in [3.8, 4) is 5.75 Å². The van der Waals surface area contributed by atoms with Gasteiger partial charge < -0.3 is 10.2 Å². The van der Waals surface area contributed by atoms with Gasteiger partial charge in [-0.15, -0.1) is 0 Å². The van der Waals surface area contributed by atoms with Crippen molar-refractivity contribution in [2.45, 2.75) is 45.1 Å². The number of rotatable bonds is 6. The van der Waals surface area contributed by atoms with Crippen molar-refractivity contribution < 1.29 is 10.2 Å². The van der Waals surface area contributed by atoms with Crippen LogP contribution in [0.4, 0.5) is 0 Å². The summed E-state index contributed by atoms with van der Waals surface area (Å²) in [6.45, 7) is 2.17. The molecule has 3 rings (SSSR count). The summed E-state index contributed by atoms with van der Waals surface area (Å²) in [5, 5.41) is 20.0. The Bertz CT molecular complexity index is 620. The molecule has 0 spiro atoms. The van der Waals surface area contributed by atoms with Gasteiger partial charge in [0.05, 0.1) is 6.10 Å². The maximum Gasteiger partial charge on any atom is 0.115 e. The van der Waals surface area contributed by atoms with Crippen molar-refractivity contribution >= 4 is 0 Å². The summed E-state index contributed by atoms with van der Waals surface area (Å²) < 4.78 is 0. The van der Waals surface area contributed by atoms with Gasteiger partial charge in [-0.05, 0) is 66.7 Å². The van der Waals surface area contributed by atoms with Crippen LogP contribution in [-0.2, 0) is 6.42 Å². The van der Waals surface area contributed by atoms with Crippen molar-refractivity contribution in [1.82, 2.24) is 0 Å². The summed E-state index contributed by atoms with van der Waals surface area (Å²) >= 11 is 0. The first kappa shape index (κ1) is 17.0. The summed E-state index contributed by atoms with van der Waals surface area (Å²) in [4.78, 5) is 0. The molecular weight excluding hydrogens is 296 g/mol. The standard InChI is InChI=1S/C22H28O2/c1-16(22(24)19-11-13-21(23)14-12-19)20-10-9-18(15-20)8-7-17-5-3-2-4-6-17/h2-6,11-14,16,18,20,22-24H,7-10,15H2,1H3. The lowest BCUT2D eigenvalue weighted by molar-refractivity contribution is 0.0823. The zero-order valence-corrected chi connectivity index (χ0v) is 14.4. The fraction of sp³-hybridized carbons (Fsp3) is 0.455. The Labute approximate surface area is 145 Å². The van der Waals surface area contributed by atoms with E-state index in [1.54, 1.807) is 12.1 Å². The van der Waals surface area contributed by atoms with Crippen LogP contribution in [0.25, 0.3) is 0 Å². The minimum absolute atomic E-state index is 0.250. The molecule has 4 unspecified atom stereocenters. The molecule has 0 amide bonds. The second-order valence-corrected chi connectivity index (χ2v) is 7.36. The maximum atomic E-state index is 10.7. The molecule has 2 N–H and O–H groups in total. The topological polar surface area (TPSA) is 40.5 Å². The predicted octanol–water partition coefficient (Wildman–Crippen LogP) is 5.11.